The molecular weight excluding hydrogens is 364 g/mol. The Morgan fingerprint density at radius 3 is 2.70 bits per heavy atom. The number of hydrogen-bond acceptors (Lipinski definition) is 7. The highest BCUT2D eigenvalue weighted by Gasteiger charge is 2.08. The molecule has 0 saturated heterocycles. The number of rotatable bonds is 8. The molecule has 0 saturated carbocycles. The van der Waals surface area contributed by atoms with Gasteiger partial charge in [-0.25, -0.2) is 4.79 Å². The Bertz CT molecular complexity index is 893. The molecule has 0 spiro atoms. The van der Waals surface area contributed by atoms with Crippen LogP contribution in [0.1, 0.15) is 27.4 Å². The lowest BCUT2D eigenvalue weighted by molar-refractivity contribution is 0.0600. The van der Waals surface area contributed by atoms with E-state index in [1.54, 1.807) is 12.1 Å². The van der Waals surface area contributed by atoms with E-state index >= 15 is 0 Å². The van der Waals surface area contributed by atoms with Gasteiger partial charge in [-0.3, -0.25) is 0 Å². The van der Waals surface area contributed by atoms with Crippen LogP contribution in [0.2, 0.25) is 0 Å². The first-order valence-electron chi connectivity index (χ1n) is 8.46. The molecule has 0 N–H and O–H groups in total. The fourth-order valence-electron chi connectivity index (χ4n) is 2.39. The van der Waals surface area contributed by atoms with Crippen LogP contribution in [-0.2, 0) is 17.8 Å². The average molecular weight is 384 g/mol. The van der Waals surface area contributed by atoms with Crippen LogP contribution in [0, 0.1) is 6.92 Å². The summed E-state index contributed by atoms with van der Waals surface area (Å²) in [6.45, 7) is 2.25. The van der Waals surface area contributed by atoms with Crippen molar-refractivity contribution in [3.8, 4) is 5.75 Å². The van der Waals surface area contributed by atoms with Gasteiger partial charge in [0, 0.05) is 5.75 Å². The molecule has 0 amide bonds. The largest absolute Gasteiger partial charge is 0.484 e. The summed E-state index contributed by atoms with van der Waals surface area (Å²) in [7, 11) is 1.37. The van der Waals surface area contributed by atoms with E-state index in [9.17, 15) is 4.79 Å². The Hall–Kier alpha value is -2.80. The van der Waals surface area contributed by atoms with Crippen molar-refractivity contribution < 1.29 is 18.7 Å². The summed E-state index contributed by atoms with van der Waals surface area (Å²) in [5.41, 5.74) is 2.80. The van der Waals surface area contributed by atoms with Gasteiger partial charge < -0.3 is 13.9 Å². The van der Waals surface area contributed by atoms with Crippen molar-refractivity contribution >= 4 is 17.7 Å². The molecule has 27 heavy (non-hydrogen) atoms. The van der Waals surface area contributed by atoms with Gasteiger partial charge in [0.05, 0.1) is 12.7 Å². The lowest BCUT2D eigenvalue weighted by Gasteiger charge is -2.03. The van der Waals surface area contributed by atoms with Crippen molar-refractivity contribution in [3.05, 3.63) is 71.1 Å². The Morgan fingerprint density at radius 1 is 1.15 bits per heavy atom. The zero-order valence-corrected chi connectivity index (χ0v) is 16.0. The van der Waals surface area contributed by atoms with Gasteiger partial charge in [-0.05, 0) is 48.7 Å². The Labute approximate surface area is 161 Å². The highest BCUT2D eigenvalue weighted by Crippen LogP contribution is 2.19. The molecule has 0 bridgehead atoms. The fourth-order valence-corrected chi connectivity index (χ4v) is 3.15. The third-order valence-electron chi connectivity index (χ3n) is 3.79. The standard InChI is InChI=1S/C20H20N2O4S/c1-14-4-3-5-17(12-14)25-13-18-21-22-20(26-18)27-11-10-15-6-8-16(9-7-15)19(23)24-2/h3-9,12H,10-11,13H2,1-2H3. The lowest BCUT2D eigenvalue weighted by atomic mass is 10.1. The molecular formula is C20H20N2O4S. The molecule has 3 rings (SSSR count). The minimum Gasteiger partial charge on any atom is -0.484 e. The molecule has 3 aromatic rings. The molecule has 7 heteroatoms. The molecule has 0 fully saturated rings. The summed E-state index contributed by atoms with van der Waals surface area (Å²) < 4.78 is 15.9. The Kier molecular flexibility index (Phi) is 6.49. The van der Waals surface area contributed by atoms with Crippen LogP contribution < -0.4 is 4.74 Å². The maximum atomic E-state index is 11.4. The van der Waals surface area contributed by atoms with Crippen molar-refractivity contribution in [2.24, 2.45) is 0 Å². The van der Waals surface area contributed by atoms with Crippen molar-refractivity contribution in [1.82, 2.24) is 10.2 Å². The van der Waals surface area contributed by atoms with Gasteiger partial charge >= 0.3 is 5.97 Å². The topological polar surface area (TPSA) is 74.5 Å². The van der Waals surface area contributed by atoms with Crippen LogP contribution in [0.15, 0.2) is 58.2 Å². The second-order valence-corrected chi connectivity index (χ2v) is 6.90. The molecule has 0 atom stereocenters. The van der Waals surface area contributed by atoms with Crippen LogP contribution in [0.4, 0.5) is 0 Å². The van der Waals surface area contributed by atoms with Gasteiger partial charge in [-0.2, -0.15) is 0 Å². The summed E-state index contributed by atoms with van der Waals surface area (Å²) in [6, 6.07) is 15.2. The van der Waals surface area contributed by atoms with E-state index in [2.05, 4.69) is 10.2 Å². The predicted octanol–water partition coefficient (Wildman–Crippen LogP) is 4.08. The fraction of sp³-hybridized carbons (Fsp3) is 0.250. The number of hydrogen-bond donors (Lipinski definition) is 0. The smallest absolute Gasteiger partial charge is 0.337 e. The lowest BCUT2D eigenvalue weighted by Crippen LogP contribution is -2.01. The summed E-state index contributed by atoms with van der Waals surface area (Å²) in [5.74, 6) is 1.68. The normalized spacial score (nSPS) is 10.6. The molecule has 0 radical (unpaired) electrons. The van der Waals surface area contributed by atoms with Gasteiger partial charge in [-0.1, -0.05) is 36.0 Å². The first kappa shape index (κ1) is 19.0. The SMILES string of the molecule is COC(=O)c1ccc(CCSc2nnc(COc3cccc(C)c3)o2)cc1. The van der Waals surface area contributed by atoms with Crippen molar-refractivity contribution in [2.45, 2.75) is 25.2 Å². The summed E-state index contributed by atoms with van der Waals surface area (Å²) in [6.07, 6.45) is 0.823. The second-order valence-electron chi connectivity index (χ2n) is 5.85. The first-order valence-corrected chi connectivity index (χ1v) is 9.44. The maximum Gasteiger partial charge on any atom is 0.337 e. The molecule has 1 heterocycles. The van der Waals surface area contributed by atoms with E-state index < -0.39 is 0 Å². The average Bonchev–Trinajstić information content (AvgIpc) is 3.14. The molecule has 0 aliphatic heterocycles. The number of carbonyl (C=O) groups is 1. The number of ether oxygens (including phenoxy) is 2. The number of methoxy groups -OCH3 is 1. The van der Waals surface area contributed by atoms with Crippen LogP contribution in [0.25, 0.3) is 0 Å². The zero-order valence-electron chi connectivity index (χ0n) is 15.2. The second kappa shape index (κ2) is 9.23. The maximum absolute atomic E-state index is 11.4. The van der Waals surface area contributed by atoms with E-state index in [0.29, 0.717) is 16.7 Å². The monoisotopic (exact) mass is 384 g/mol. The van der Waals surface area contributed by atoms with Gasteiger partial charge in [0.25, 0.3) is 11.1 Å². The van der Waals surface area contributed by atoms with Crippen LogP contribution in [-0.4, -0.2) is 29.0 Å². The van der Waals surface area contributed by atoms with E-state index in [4.69, 9.17) is 13.9 Å². The number of aryl methyl sites for hydroxylation is 2. The number of aromatic nitrogens is 2. The molecule has 0 aliphatic rings. The van der Waals surface area contributed by atoms with Crippen molar-refractivity contribution in [2.75, 3.05) is 12.9 Å². The van der Waals surface area contributed by atoms with Gasteiger partial charge in [0.15, 0.2) is 6.61 Å². The van der Waals surface area contributed by atoms with Crippen LogP contribution in [0.3, 0.4) is 0 Å². The molecule has 2 aromatic carbocycles. The highest BCUT2D eigenvalue weighted by atomic mass is 32.2. The number of esters is 1. The van der Waals surface area contributed by atoms with Gasteiger partial charge in [0.1, 0.15) is 5.75 Å². The summed E-state index contributed by atoms with van der Waals surface area (Å²) in [5, 5.41) is 8.55. The third-order valence-corrected chi connectivity index (χ3v) is 4.61. The van der Waals surface area contributed by atoms with Crippen LogP contribution >= 0.6 is 11.8 Å². The number of nitrogens with zero attached hydrogens (tertiary/aromatic N) is 2. The van der Waals surface area contributed by atoms with E-state index in [-0.39, 0.29) is 12.6 Å². The van der Waals surface area contributed by atoms with Crippen molar-refractivity contribution in [3.63, 3.8) is 0 Å². The quantitative estimate of drug-likeness (QED) is 0.428. The molecule has 0 aliphatic carbocycles. The van der Waals surface area contributed by atoms with E-state index in [1.807, 2.05) is 43.3 Å². The van der Waals surface area contributed by atoms with E-state index in [0.717, 1.165) is 29.1 Å². The molecule has 140 valence electrons. The summed E-state index contributed by atoms with van der Waals surface area (Å²) >= 11 is 1.49. The summed E-state index contributed by atoms with van der Waals surface area (Å²) in [4.78, 5) is 11.4. The third kappa shape index (κ3) is 5.59. The van der Waals surface area contributed by atoms with E-state index in [1.165, 1.54) is 18.9 Å². The molecule has 1 aromatic heterocycles. The van der Waals surface area contributed by atoms with Gasteiger partial charge in [0.2, 0.25) is 0 Å². The Balaban J connectivity index is 1.44. The number of carbonyl (C=O) groups excluding carboxylic acids is 1. The highest BCUT2D eigenvalue weighted by molar-refractivity contribution is 7.99. The van der Waals surface area contributed by atoms with Gasteiger partial charge in [-0.15, -0.1) is 10.2 Å². The number of benzene rings is 2. The van der Waals surface area contributed by atoms with Crippen LogP contribution in [0.5, 0.6) is 5.75 Å². The van der Waals surface area contributed by atoms with Crippen molar-refractivity contribution in [1.29, 1.82) is 0 Å². The first-order chi connectivity index (χ1) is 13.1. The Morgan fingerprint density at radius 2 is 1.96 bits per heavy atom. The predicted molar refractivity (Wildman–Crippen MR) is 102 cm³/mol. The minimum atomic E-state index is -0.331. The molecule has 6 nitrogen and oxygen atoms in total. The zero-order chi connectivity index (χ0) is 19.1. The molecule has 0 unspecified atom stereocenters. The minimum absolute atomic E-state index is 0.242. The number of thioether (sulfide) groups is 1.